The van der Waals surface area contributed by atoms with E-state index in [1.54, 1.807) is 40.2 Å². The van der Waals surface area contributed by atoms with Gasteiger partial charge in [-0.1, -0.05) is 6.07 Å². The van der Waals surface area contributed by atoms with Crippen molar-refractivity contribution in [2.45, 2.75) is 19.7 Å². The van der Waals surface area contributed by atoms with Crippen LogP contribution in [-0.2, 0) is 19.7 Å². The van der Waals surface area contributed by atoms with Gasteiger partial charge in [0, 0.05) is 25.0 Å². The van der Waals surface area contributed by atoms with E-state index < -0.39 is 0 Å². The first-order valence-corrected chi connectivity index (χ1v) is 8.72. The molecule has 144 valence electrons. The number of fused-ring (bicyclic) bond motifs is 1. The van der Waals surface area contributed by atoms with E-state index in [2.05, 4.69) is 15.1 Å². The first kappa shape index (κ1) is 17.9. The largest absolute Gasteiger partial charge is 0.487 e. The number of aromatic nitrogens is 4. The second-order valence-corrected chi connectivity index (χ2v) is 6.23. The second-order valence-electron chi connectivity index (χ2n) is 6.23. The Morgan fingerprint density at radius 3 is 2.86 bits per heavy atom. The van der Waals surface area contributed by atoms with Crippen LogP contribution in [0.1, 0.15) is 21.9 Å². The molecule has 0 unspecified atom stereocenters. The predicted octanol–water partition coefficient (Wildman–Crippen LogP) is 2.06. The van der Waals surface area contributed by atoms with Gasteiger partial charge in [0.1, 0.15) is 35.3 Å². The fourth-order valence-corrected chi connectivity index (χ4v) is 3.04. The summed E-state index contributed by atoms with van der Waals surface area (Å²) in [7, 11) is 1.52. The molecule has 28 heavy (non-hydrogen) atoms. The van der Waals surface area contributed by atoms with Crippen molar-refractivity contribution in [2.75, 3.05) is 13.7 Å². The van der Waals surface area contributed by atoms with Gasteiger partial charge in [-0.2, -0.15) is 5.10 Å². The molecule has 4 rings (SSSR count). The van der Waals surface area contributed by atoms with E-state index >= 15 is 0 Å². The summed E-state index contributed by atoms with van der Waals surface area (Å²) in [6.07, 6.45) is 3.11. The maximum Gasteiger partial charge on any atom is 0.272 e. The molecule has 0 aliphatic carbocycles. The Labute approximate surface area is 160 Å². The highest BCUT2D eigenvalue weighted by Crippen LogP contribution is 2.20. The smallest absolute Gasteiger partial charge is 0.272 e. The monoisotopic (exact) mass is 383 g/mol. The summed E-state index contributed by atoms with van der Waals surface area (Å²) in [4.78, 5) is 22.9. The maximum absolute atomic E-state index is 13.2. The number of halogens is 1. The van der Waals surface area contributed by atoms with Crippen molar-refractivity contribution in [2.24, 2.45) is 0 Å². The molecule has 0 atom stereocenters. The fraction of sp³-hybridized carbons (Fsp3) is 0.263. The van der Waals surface area contributed by atoms with Crippen molar-refractivity contribution in [1.29, 1.82) is 0 Å². The molecule has 0 fully saturated rings. The van der Waals surface area contributed by atoms with Gasteiger partial charge in [-0.3, -0.25) is 14.5 Å². The Bertz CT molecular complexity index is 1010. The van der Waals surface area contributed by atoms with Gasteiger partial charge in [0.2, 0.25) is 5.88 Å². The third kappa shape index (κ3) is 3.64. The summed E-state index contributed by atoms with van der Waals surface area (Å²) in [6, 6.07) is 7.59. The Morgan fingerprint density at radius 2 is 2.04 bits per heavy atom. The fourth-order valence-electron chi connectivity index (χ4n) is 3.04. The van der Waals surface area contributed by atoms with Crippen molar-refractivity contribution in [3.05, 3.63) is 65.6 Å². The molecule has 3 aromatic rings. The first-order valence-electron chi connectivity index (χ1n) is 8.72. The minimum absolute atomic E-state index is 0.148. The summed E-state index contributed by atoms with van der Waals surface area (Å²) >= 11 is 0. The molecule has 0 radical (unpaired) electrons. The van der Waals surface area contributed by atoms with Crippen LogP contribution in [0.3, 0.4) is 0 Å². The van der Waals surface area contributed by atoms with Crippen molar-refractivity contribution < 1.29 is 18.7 Å². The molecule has 1 aromatic carbocycles. The number of methoxy groups -OCH3 is 1. The minimum atomic E-state index is -0.369. The SMILES string of the molecule is COc1nccnc1CN1CCn2nc(COc3cccc(F)c3)cc2C1=O. The Morgan fingerprint density at radius 1 is 1.18 bits per heavy atom. The molecular formula is C19H18FN5O3. The molecular weight excluding hydrogens is 365 g/mol. The molecule has 0 saturated carbocycles. The number of carbonyl (C=O) groups excluding carboxylic acids is 1. The van der Waals surface area contributed by atoms with E-state index in [4.69, 9.17) is 9.47 Å². The average molecular weight is 383 g/mol. The average Bonchev–Trinajstić information content (AvgIpc) is 3.13. The van der Waals surface area contributed by atoms with Crippen LogP contribution in [0.5, 0.6) is 11.6 Å². The van der Waals surface area contributed by atoms with Gasteiger partial charge in [-0.15, -0.1) is 0 Å². The lowest BCUT2D eigenvalue weighted by atomic mass is 10.2. The number of ether oxygens (including phenoxy) is 2. The Hall–Kier alpha value is -3.49. The van der Waals surface area contributed by atoms with Crippen LogP contribution >= 0.6 is 0 Å². The molecule has 9 heteroatoms. The summed E-state index contributed by atoms with van der Waals surface area (Å²) < 4.78 is 25.7. The topological polar surface area (TPSA) is 82.4 Å². The van der Waals surface area contributed by atoms with E-state index in [9.17, 15) is 9.18 Å². The standard InChI is InChI=1S/C19H18FN5O3/c1-27-18-16(21-5-6-22-18)11-24-7-8-25-17(19(24)26)10-14(23-25)12-28-15-4-2-3-13(20)9-15/h2-6,9-10H,7-8,11-12H2,1H3. The van der Waals surface area contributed by atoms with Gasteiger partial charge in [-0.05, 0) is 18.2 Å². The van der Waals surface area contributed by atoms with E-state index in [1.165, 1.54) is 19.2 Å². The molecule has 1 aliphatic heterocycles. The van der Waals surface area contributed by atoms with Crippen LogP contribution in [0.25, 0.3) is 0 Å². The highest BCUT2D eigenvalue weighted by Gasteiger charge is 2.27. The van der Waals surface area contributed by atoms with Gasteiger partial charge in [-0.25, -0.2) is 9.37 Å². The molecule has 0 saturated heterocycles. The maximum atomic E-state index is 13.2. The van der Waals surface area contributed by atoms with Crippen molar-refractivity contribution in [1.82, 2.24) is 24.6 Å². The third-order valence-electron chi connectivity index (χ3n) is 4.37. The first-order chi connectivity index (χ1) is 13.6. The van der Waals surface area contributed by atoms with E-state index in [1.807, 2.05) is 0 Å². The van der Waals surface area contributed by atoms with Crippen LogP contribution in [0.4, 0.5) is 4.39 Å². The Kier molecular flexibility index (Phi) is 4.88. The zero-order chi connectivity index (χ0) is 19.5. The molecule has 1 amide bonds. The van der Waals surface area contributed by atoms with Crippen molar-refractivity contribution >= 4 is 5.91 Å². The van der Waals surface area contributed by atoms with E-state index in [-0.39, 0.29) is 18.3 Å². The highest BCUT2D eigenvalue weighted by atomic mass is 19.1. The zero-order valence-corrected chi connectivity index (χ0v) is 15.2. The van der Waals surface area contributed by atoms with Gasteiger partial charge < -0.3 is 14.4 Å². The van der Waals surface area contributed by atoms with Gasteiger partial charge >= 0.3 is 0 Å². The lowest BCUT2D eigenvalue weighted by Crippen LogP contribution is -2.40. The van der Waals surface area contributed by atoms with Crippen molar-refractivity contribution in [3.8, 4) is 11.6 Å². The van der Waals surface area contributed by atoms with E-state index in [0.29, 0.717) is 48.3 Å². The normalized spacial score (nSPS) is 13.4. The highest BCUT2D eigenvalue weighted by molar-refractivity contribution is 5.93. The van der Waals surface area contributed by atoms with Crippen molar-refractivity contribution in [3.63, 3.8) is 0 Å². The lowest BCUT2D eigenvalue weighted by molar-refractivity contribution is 0.0679. The molecule has 0 bridgehead atoms. The molecule has 2 aromatic heterocycles. The number of nitrogens with zero attached hydrogens (tertiary/aromatic N) is 5. The summed E-state index contributed by atoms with van der Waals surface area (Å²) in [5, 5.41) is 4.41. The minimum Gasteiger partial charge on any atom is -0.487 e. The molecule has 1 aliphatic rings. The number of rotatable bonds is 6. The lowest BCUT2D eigenvalue weighted by Gasteiger charge is -2.27. The number of amides is 1. The number of carbonyl (C=O) groups is 1. The van der Waals surface area contributed by atoms with Gasteiger partial charge in [0.15, 0.2) is 0 Å². The second kappa shape index (κ2) is 7.63. The molecule has 0 spiro atoms. The summed E-state index contributed by atoms with van der Waals surface area (Å²) in [5.41, 5.74) is 1.68. The predicted molar refractivity (Wildman–Crippen MR) is 96.3 cm³/mol. The number of hydrogen-bond donors (Lipinski definition) is 0. The van der Waals surface area contributed by atoms with Gasteiger partial charge in [0.05, 0.1) is 20.2 Å². The van der Waals surface area contributed by atoms with Crippen LogP contribution in [0.2, 0.25) is 0 Å². The molecule has 3 heterocycles. The summed E-state index contributed by atoms with van der Waals surface area (Å²) in [5.74, 6) is 0.294. The number of benzene rings is 1. The van der Waals surface area contributed by atoms with Crippen LogP contribution in [0.15, 0.2) is 42.7 Å². The molecule has 0 N–H and O–H groups in total. The molecule has 8 nitrogen and oxygen atoms in total. The number of hydrogen-bond acceptors (Lipinski definition) is 6. The van der Waals surface area contributed by atoms with Crippen LogP contribution < -0.4 is 9.47 Å². The third-order valence-corrected chi connectivity index (χ3v) is 4.37. The van der Waals surface area contributed by atoms with Crippen LogP contribution in [0, 0.1) is 5.82 Å². The van der Waals surface area contributed by atoms with E-state index in [0.717, 1.165) is 0 Å². The van der Waals surface area contributed by atoms with Crippen LogP contribution in [-0.4, -0.2) is 44.2 Å². The van der Waals surface area contributed by atoms with Gasteiger partial charge in [0.25, 0.3) is 5.91 Å². The summed E-state index contributed by atoms with van der Waals surface area (Å²) in [6.45, 7) is 1.51. The Balaban J connectivity index is 1.46. The zero-order valence-electron chi connectivity index (χ0n) is 15.2. The quantitative estimate of drug-likeness (QED) is 0.648.